The van der Waals surface area contributed by atoms with Gasteiger partial charge in [0.05, 0.1) is 0 Å². The smallest absolute Gasteiger partial charge is 0.0434 e. The van der Waals surface area contributed by atoms with E-state index in [0.717, 1.165) is 19.5 Å². The molecule has 1 N–H and O–H groups in total. The van der Waals surface area contributed by atoms with Gasteiger partial charge in [-0.05, 0) is 30.9 Å². The summed E-state index contributed by atoms with van der Waals surface area (Å²) in [6.45, 7) is 2.49. The lowest BCUT2D eigenvalue weighted by Crippen LogP contribution is -2.19. The van der Waals surface area contributed by atoms with Crippen molar-refractivity contribution >= 4 is 5.69 Å². The molecule has 0 spiro atoms. The average Bonchev–Trinajstić information content (AvgIpc) is 2.68. The number of aromatic nitrogens is 1. The molecule has 76 valence electrons. The number of aliphatic hydroxyl groups is 1. The zero-order valence-corrected chi connectivity index (χ0v) is 8.26. The summed E-state index contributed by atoms with van der Waals surface area (Å²) < 4.78 is 0. The second-order valence-corrected chi connectivity index (χ2v) is 3.82. The van der Waals surface area contributed by atoms with Crippen LogP contribution in [0.3, 0.4) is 0 Å². The van der Waals surface area contributed by atoms with Gasteiger partial charge in [-0.15, -0.1) is 0 Å². The van der Waals surface area contributed by atoms with Gasteiger partial charge in [0, 0.05) is 37.8 Å². The van der Waals surface area contributed by atoms with Crippen LogP contribution in [0.5, 0.6) is 0 Å². The van der Waals surface area contributed by atoms with Gasteiger partial charge in [-0.3, -0.25) is 4.98 Å². The van der Waals surface area contributed by atoms with Crippen molar-refractivity contribution in [1.29, 1.82) is 0 Å². The molecule has 1 atom stereocenters. The predicted octanol–water partition coefficient (Wildman–Crippen LogP) is 1.29. The molecule has 0 aromatic carbocycles. The number of nitrogens with zero attached hydrogens (tertiary/aromatic N) is 2. The second kappa shape index (κ2) is 4.42. The van der Waals surface area contributed by atoms with Crippen LogP contribution in [0.1, 0.15) is 12.8 Å². The van der Waals surface area contributed by atoms with Crippen molar-refractivity contribution < 1.29 is 5.11 Å². The third kappa shape index (κ3) is 2.04. The molecule has 0 radical (unpaired) electrons. The molecule has 1 aromatic rings. The van der Waals surface area contributed by atoms with Crippen molar-refractivity contribution in [3.8, 4) is 0 Å². The highest BCUT2D eigenvalue weighted by Gasteiger charge is 2.21. The molecule has 3 nitrogen and oxygen atoms in total. The highest BCUT2D eigenvalue weighted by atomic mass is 16.3. The van der Waals surface area contributed by atoms with Gasteiger partial charge < -0.3 is 10.0 Å². The van der Waals surface area contributed by atoms with E-state index in [4.69, 9.17) is 5.11 Å². The molecule has 0 bridgehead atoms. The summed E-state index contributed by atoms with van der Waals surface area (Å²) in [7, 11) is 0. The van der Waals surface area contributed by atoms with Gasteiger partial charge in [-0.1, -0.05) is 0 Å². The van der Waals surface area contributed by atoms with Crippen molar-refractivity contribution in [2.45, 2.75) is 12.8 Å². The number of anilines is 1. The van der Waals surface area contributed by atoms with Crippen molar-refractivity contribution in [1.82, 2.24) is 4.98 Å². The average molecular weight is 192 g/mol. The zero-order chi connectivity index (χ0) is 9.80. The Balaban J connectivity index is 1.96. The molecule has 1 aliphatic heterocycles. The number of hydrogen-bond acceptors (Lipinski definition) is 3. The Morgan fingerprint density at radius 1 is 1.43 bits per heavy atom. The van der Waals surface area contributed by atoms with E-state index in [1.54, 1.807) is 0 Å². The van der Waals surface area contributed by atoms with Crippen molar-refractivity contribution in [3.05, 3.63) is 24.5 Å². The number of pyridine rings is 1. The Morgan fingerprint density at radius 2 is 2.21 bits per heavy atom. The standard InChI is InChI=1S/C11H16N2O/c14-8-4-10-3-7-13(9-10)11-1-5-12-6-2-11/h1-2,5-6,10,14H,3-4,7-9H2. The predicted molar refractivity (Wildman–Crippen MR) is 56.3 cm³/mol. The number of rotatable bonds is 3. The Labute approximate surface area is 84.4 Å². The fraction of sp³-hybridized carbons (Fsp3) is 0.545. The van der Waals surface area contributed by atoms with E-state index in [-0.39, 0.29) is 0 Å². The SMILES string of the molecule is OCCC1CCN(c2ccncc2)C1. The van der Waals surface area contributed by atoms with Gasteiger partial charge in [0.2, 0.25) is 0 Å². The van der Waals surface area contributed by atoms with E-state index in [0.29, 0.717) is 12.5 Å². The van der Waals surface area contributed by atoms with Crippen LogP contribution < -0.4 is 4.90 Å². The van der Waals surface area contributed by atoms with E-state index in [1.165, 1.54) is 12.1 Å². The first-order valence-electron chi connectivity index (χ1n) is 5.16. The Kier molecular flexibility index (Phi) is 2.99. The lowest BCUT2D eigenvalue weighted by atomic mass is 10.1. The van der Waals surface area contributed by atoms with E-state index in [9.17, 15) is 0 Å². The van der Waals surface area contributed by atoms with E-state index < -0.39 is 0 Å². The van der Waals surface area contributed by atoms with Crippen LogP contribution in [0.15, 0.2) is 24.5 Å². The fourth-order valence-corrected chi connectivity index (χ4v) is 2.04. The Bertz CT molecular complexity index is 276. The van der Waals surface area contributed by atoms with Gasteiger partial charge in [0.25, 0.3) is 0 Å². The Morgan fingerprint density at radius 3 is 2.93 bits per heavy atom. The largest absolute Gasteiger partial charge is 0.396 e. The Hall–Kier alpha value is -1.09. The first-order valence-corrected chi connectivity index (χ1v) is 5.16. The summed E-state index contributed by atoms with van der Waals surface area (Å²) in [5.74, 6) is 0.660. The summed E-state index contributed by atoms with van der Waals surface area (Å²) in [5.41, 5.74) is 1.25. The lowest BCUT2D eigenvalue weighted by molar-refractivity contribution is 0.263. The van der Waals surface area contributed by atoms with Crippen LogP contribution in [0.25, 0.3) is 0 Å². The van der Waals surface area contributed by atoms with Crippen LogP contribution in [0.2, 0.25) is 0 Å². The molecule has 0 aliphatic carbocycles. The summed E-state index contributed by atoms with van der Waals surface area (Å²) >= 11 is 0. The fourth-order valence-electron chi connectivity index (χ4n) is 2.04. The molecule has 0 amide bonds. The third-order valence-electron chi connectivity index (χ3n) is 2.85. The monoisotopic (exact) mass is 192 g/mol. The highest BCUT2D eigenvalue weighted by Crippen LogP contribution is 2.24. The highest BCUT2D eigenvalue weighted by molar-refractivity contribution is 5.45. The first-order chi connectivity index (χ1) is 6.90. The minimum absolute atomic E-state index is 0.314. The van der Waals surface area contributed by atoms with Crippen LogP contribution >= 0.6 is 0 Å². The van der Waals surface area contributed by atoms with E-state index in [1.807, 2.05) is 24.5 Å². The summed E-state index contributed by atoms with van der Waals surface area (Å²) in [6, 6.07) is 4.09. The molecule has 3 heteroatoms. The van der Waals surface area contributed by atoms with Crippen molar-refractivity contribution in [3.63, 3.8) is 0 Å². The second-order valence-electron chi connectivity index (χ2n) is 3.82. The van der Waals surface area contributed by atoms with Crippen molar-refractivity contribution in [2.75, 3.05) is 24.6 Å². The molecule has 2 rings (SSSR count). The van der Waals surface area contributed by atoms with Crippen LogP contribution in [0, 0.1) is 5.92 Å². The van der Waals surface area contributed by atoms with E-state index in [2.05, 4.69) is 9.88 Å². The van der Waals surface area contributed by atoms with Gasteiger partial charge in [0.15, 0.2) is 0 Å². The number of hydrogen-bond donors (Lipinski definition) is 1. The quantitative estimate of drug-likeness (QED) is 0.784. The van der Waals surface area contributed by atoms with Gasteiger partial charge in [-0.2, -0.15) is 0 Å². The molecule has 14 heavy (non-hydrogen) atoms. The third-order valence-corrected chi connectivity index (χ3v) is 2.85. The van der Waals surface area contributed by atoms with Gasteiger partial charge in [0.1, 0.15) is 0 Å². The summed E-state index contributed by atoms with van der Waals surface area (Å²) in [6.07, 6.45) is 5.79. The van der Waals surface area contributed by atoms with Crippen molar-refractivity contribution in [2.24, 2.45) is 5.92 Å². The summed E-state index contributed by atoms with van der Waals surface area (Å²) in [4.78, 5) is 6.37. The van der Waals surface area contributed by atoms with Crippen LogP contribution in [0.4, 0.5) is 5.69 Å². The molecular formula is C11H16N2O. The molecule has 1 fully saturated rings. The minimum Gasteiger partial charge on any atom is -0.396 e. The molecule has 1 unspecified atom stereocenters. The molecule has 1 saturated heterocycles. The molecule has 1 aliphatic rings. The van der Waals surface area contributed by atoms with Gasteiger partial charge >= 0.3 is 0 Å². The first kappa shape index (κ1) is 9.46. The number of aliphatic hydroxyl groups excluding tert-OH is 1. The maximum atomic E-state index is 8.85. The zero-order valence-electron chi connectivity index (χ0n) is 8.26. The summed E-state index contributed by atoms with van der Waals surface area (Å²) in [5, 5.41) is 8.85. The lowest BCUT2D eigenvalue weighted by Gasteiger charge is -2.17. The normalized spacial score (nSPS) is 21.5. The van der Waals surface area contributed by atoms with Crippen LogP contribution in [-0.4, -0.2) is 29.8 Å². The van der Waals surface area contributed by atoms with Crippen LogP contribution in [-0.2, 0) is 0 Å². The molecule has 1 aromatic heterocycles. The minimum atomic E-state index is 0.314. The van der Waals surface area contributed by atoms with E-state index >= 15 is 0 Å². The molecular weight excluding hydrogens is 176 g/mol. The molecule has 2 heterocycles. The maximum absolute atomic E-state index is 8.85. The maximum Gasteiger partial charge on any atom is 0.0434 e. The van der Waals surface area contributed by atoms with Gasteiger partial charge in [-0.25, -0.2) is 0 Å². The topological polar surface area (TPSA) is 36.4 Å². The molecule has 0 saturated carbocycles.